The first-order chi connectivity index (χ1) is 7.99. The fraction of sp³-hybridized carbons (Fsp3) is 0.154. The summed E-state index contributed by atoms with van der Waals surface area (Å²) in [5, 5.41) is 0. The molecule has 0 aliphatic carbocycles. The number of carbonyl (C=O) groups excluding carboxylic acids is 1. The van der Waals surface area contributed by atoms with Crippen LogP contribution < -0.4 is 0 Å². The normalized spacial score (nSPS) is 10.6. The standard InChI is InChI=1S/C13H10BrFOS/c1-7-3-4-9(10(15)5-7)12(16)11-6-8(2)13(14)17-11/h3-6H,1-2H3. The Balaban J connectivity index is 2.43. The lowest BCUT2D eigenvalue weighted by molar-refractivity contribution is 0.103. The van der Waals surface area contributed by atoms with Gasteiger partial charge >= 0.3 is 0 Å². The lowest BCUT2D eigenvalue weighted by Crippen LogP contribution is -2.02. The summed E-state index contributed by atoms with van der Waals surface area (Å²) in [7, 11) is 0. The van der Waals surface area contributed by atoms with Crippen LogP contribution in [0.4, 0.5) is 4.39 Å². The maximum absolute atomic E-state index is 13.7. The highest BCUT2D eigenvalue weighted by Gasteiger charge is 2.17. The molecule has 1 nitrogen and oxygen atoms in total. The van der Waals surface area contributed by atoms with Crippen molar-refractivity contribution in [2.24, 2.45) is 0 Å². The number of halogens is 2. The zero-order valence-electron chi connectivity index (χ0n) is 9.38. The molecule has 88 valence electrons. The summed E-state index contributed by atoms with van der Waals surface area (Å²) in [5.41, 5.74) is 1.93. The second kappa shape index (κ2) is 4.70. The minimum absolute atomic E-state index is 0.129. The van der Waals surface area contributed by atoms with E-state index in [1.807, 2.05) is 6.92 Å². The zero-order chi connectivity index (χ0) is 12.6. The number of ketones is 1. The molecule has 2 rings (SSSR count). The number of hydrogen-bond acceptors (Lipinski definition) is 2. The number of hydrogen-bond donors (Lipinski definition) is 0. The summed E-state index contributed by atoms with van der Waals surface area (Å²) in [6.45, 7) is 3.70. The van der Waals surface area contributed by atoms with Crippen LogP contribution in [0.5, 0.6) is 0 Å². The largest absolute Gasteiger partial charge is 0.288 e. The van der Waals surface area contributed by atoms with Gasteiger partial charge in [0.15, 0.2) is 0 Å². The number of benzene rings is 1. The first-order valence-corrected chi connectivity index (χ1v) is 6.67. The molecule has 0 aliphatic rings. The number of aryl methyl sites for hydroxylation is 2. The van der Waals surface area contributed by atoms with Gasteiger partial charge in [-0.3, -0.25) is 4.79 Å². The van der Waals surface area contributed by atoms with Gasteiger partial charge in [0, 0.05) is 0 Å². The van der Waals surface area contributed by atoms with Crippen molar-refractivity contribution < 1.29 is 9.18 Å². The average Bonchev–Trinajstić information content (AvgIpc) is 2.58. The Morgan fingerprint density at radius 2 is 2.00 bits per heavy atom. The third-order valence-corrected chi connectivity index (χ3v) is 4.59. The summed E-state index contributed by atoms with van der Waals surface area (Å²) in [6, 6.07) is 6.43. The van der Waals surface area contributed by atoms with Crippen LogP contribution in [-0.2, 0) is 0 Å². The smallest absolute Gasteiger partial charge is 0.205 e. The Morgan fingerprint density at radius 3 is 2.53 bits per heavy atom. The topological polar surface area (TPSA) is 17.1 Å². The fourth-order valence-electron chi connectivity index (χ4n) is 1.51. The molecule has 0 saturated heterocycles. The van der Waals surface area contributed by atoms with E-state index in [9.17, 15) is 9.18 Å². The van der Waals surface area contributed by atoms with Gasteiger partial charge in [-0.25, -0.2) is 4.39 Å². The predicted octanol–water partition coefficient (Wildman–Crippen LogP) is 4.50. The maximum atomic E-state index is 13.7. The molecule has 4 heteroatoms. The number of thiophene rings is 1. The van der Waals surface area contributed by atoms with Crippen molar-refractivity contribution in [2.45, 2.75) is 13.8 Å². The van der Waals surface area contributed by atoms with Crippen molar-refractivity contribution in [1.29, 1.82) is 0 Å². The van der Waals surface area contributed by atoms with Crippen molar-refractivity contribution in [3.8, 4) is 0 Å². The van der Waals surface area contributed by atoms with Gasteiger partial charge in [0.05, 0.1) is 14.2 Å². The van der Waals surface area contributed by atoms with Gasteiger partial charge < -0.3 is 0 Å². The maximum Gasteiger partial charge on any atom is 0.205 e. The molecule has 0 fully saturated rings. The van der Waals surface area contributed by atoms with Gasteiger partial charge in [-0.05, 0) is 59.1 Å². The van der Waals surface area contributed by atoms with Crippen molar-refractivity contribution in [1.82, 2.24) is 0 Å². The van der Waals surface area contributed by atoms with Crippen LogP contribution in [0, 0.1) is 19.7 Å². The Hall–Kier alpha value is -1.00. The van der Waals surface area contributed by atoms with Crippen LogP contribution in [-0.4, -0.2) is 5.78 Å². The molecule has 0 radical (unpaired) electrons. The van der Waals surface area contributed by atoms with E-state index in [-0.39, 0.29) is 11.3 Å². The van der Waals surface area contributed by atoms with E-state index < -0.39 is 5.82 Å². The average molecular weight is 313 g/mol. The molecule has 0 atom stereocenters. The Kier molecular flexibility index (Phi) is 3.45. The Bertz CT molecular complexity index is 570. The van der Waals surface area contributed by atoms with Gasteiger partial charge in [-0.1, -0.05) is 6.07 Å². The van der Waals surface area contributed by atoms with Crippen LogP contribution in [0.1, 0.15) is 26.4 Å². The minimum Gasteiger partial charge on any atom is -0.288 e. The van der Waals surface area contributed by atoms with Crippen LogP contribution in [0.2, 0.25) is 0 Å². The molecule has 17 heavy (non-hydrogen) atoms. The van der Waals surface area contributed by atoms with Crippen LogP contribution in [0.15, 0.2) is 28.1 Å². The molecule has 0 N–H and O–H groups in total. The first kappa shape index (κ1) is 12.5. The van der Waals surface area contributed by atoms with Crippen LogP contribution in [0.3, 0.4) is 0 Å². The third-order valence-electron chi connectivity index (χ3n) is 2.45. The second-order valence-corrected chi connectivity index (χ2v) is 6.25. The van der Waals surface area contributed by atoms with Crippen molar-refractivity contribution in [3.05, 3.63) is 55.4 Å². The molecular formula is C13H10BrFOS. The first-order valence-electron chi connectivity index (χ1n) is 5.06. The van der Waals surface area contributed by atoms with E-state index in [1.165, 1.54) is 23.5 Å². The van der Waals surface area contributed by atoms with Gasteiger partial charge in [0.2, 0.25) is 5.78 Å². The monoisotopic (exact) mass is 312 g/mol. The molecule has 0 spiro atoms. The molecule has 0 amide bonds. The molecule has 0 unspecified atom stereocenters. The lowest BCUT2D eigenvalue weighted by Gasteiger charge is -2.01. The van der Waals surface area contributed by atoms with Gasteiger partial charge in [0.25, 0.3) is 0 Å². The van der Waals surface area contributed by atoms with Gasteiger partial charge in [-0.15, -0.1) is 11.3 Å². The second-order valence-electron chi connectivity index (χ2n) is 3.88. The molecule has 0 saturated carbocycles. The van der Waals surface area contributed by atoms with E-state index in [0.717, 1.165) is 14.9 Å². The van der Waals surface area contributed by atoms with Crippen LogP contribution >= 0.6 is 27.3 Å². The lowest BCUT2D eigenvalue weighted by atomic mass is 10.1. The summed E-state index contributed by atoms with van der Waals surface area (Å²) in [4.78, 5) is 12.6. The van der Waals surface area contributed by atoms with E-state index >= 15 is 0 Å². The van der Waals surface area contributed by atoms with E-state index in [4.69, 9.17) is 0 Å². The highest BCUT2D eigenvalue weighted by atomic mass is 79.9. The molecular weight excluding hydrogens is 303 g/mol. The Labute approximate surface area is 111 Å². The van der Waals surface area contributed by atoms with Crippen molar-refractivity contribution >= 4 is 33.0 Å². The summed E-state index contributed by atoms with van der Waals surface area (Å²) in [6.07, 6.45) is 0. The number of rotatable bonds is 2. The van der Waals surface area contributed by atoms with Crippen molar-refractivity contribution in [2.75, 3.05) is 0 Å². The SMILES string of the molecule is Cc1ccc(C(=O)c2cc(C)c(Br)s2)c(F)c1. The highest BCUT2D eigenvalue weighted by molar-refractivity contribution is 9.11. The summed E-state index contributed by atoms with van der Waals surface area (Å²) in [5.74, 6) is -0.724. The zero-order valence-corrected chi connectivity index (χ0v) is 11.8. The molecule has 1 aromatic carbocycles. The predicted molar refractivity (Wildman–Crippen MR) is 71.3 cm³/mol. The highest BCUT2D eigenvalue weighted by Crippen LogP contribution is 2.29. The van der Waals surface area contributed by atoms with Crippen molar-refractivity contribution in [3.63, 3.8) is 0 Å². The Morgan fingerprint density at radius 1 is 1.29 bits per heavy atom. The molecule has 2 aromatic rings. The van der Waals surface area contributed by atoms with Crippen LogP contribution in [0.25, 0.3) is 0 Å². The van der Waals surface area contributed by atoms with Gasteiger partial charge in [-0.2, -0.15) is 0 Å². The molecule has 0 bridgehead atoms. The third kappa shape index (κ3) is 2.48. The minimum atomic E-state index is -0.461. The molecule has 1 aromatic heterocycles. The number of carbonyl (C=O) groups is 1. The van der Waals surface area contributed by atoms with E-state index in [2.05, 4.69) is 15.9 Å². The summed E-state index contributed by atoms with van der Waals surface area (Å²) < 4.78 is 14.6. The fourth-order valence-corrected chi connectivity index (χ4v) is 3.00. The van der Waals surface area contributed by atoms with Gasteiger partial charge in [0.1, 0.15) is 5.82 Å². The quantitative estimate of drug-likeness (QED) is 0.746. The molecule has 1 heterocycles. The van der Waals surface area contributed by atoms with E-state index in [0.29, 0.717) is 4.88 Å². The molecule has 0 aliphatic heterocycles. The van der Waals surface area contributed by atoms with E-state index in [1.54, 1.807) is 19.1 Å². The summed E-state index contributed by atoms with van der Waals surface area (Å²) >= 11 is 4.69.